The maximum Gasteiger partial charge on any atom is 0.356 e. The van der Waals surface area contributed by atoms with Gasteiger partial charge >= 0.3 is 5.97 Å². The van der Waals surface area contributed by atoms with Gasteiger partial charge in [-0.3, -0.25) is 9.59 Å². The number of benzene rings is 2. The molecule has 0 aliphatic carbocycles. The Morgan fingerprint density at radius 3 is 2.26 bits per heavy atom. The number of aromatic carboxylic acids is 1. The summed E-state index contributed by atoms with van der Waals surface area (Å²) in [5.74, 6) is -2.27. The summed E-state index contributed by atoms with van der Waals surface area (Å²) in [5.41, 5.74) is 1.73. The van der Waals surface area contributed by atoms with Crippen LogP contribution in [-0.2, 0) is 11.2 Å². The second-order valence-corrected chi connectivity index (χ2v) is 8.08. The van der Waals surface area contributed by atoms with Crippen LogP contribution in [0.4, 0.5) is 15.8 Å². The number of amides is 2. The third-order valence-corrected chi connectivity index (χ3v) is 6.15. The number of nitrogens with zero attached hydrogens (tertiary/aromatic N) is 4. The fourth-order valence-electron chi connectivity index (χ4n) is 4.49. The van der Waals surface area contributed by atoms with E-state index in [0.717, 1.165) is 18.2 Å². The maximum atomic E-state index is 14.4. The van der Waals surface area contributed by atoms with Crippen LogP contribution in [0.2, 0.25) is 0 Å². The molecule has 2 aliphatic rings. The minimum atomic E-state index is -1.26. The number of fused-ring (bicyclic) bond motifs is 1. The summed E-state index contributed by atoms with van der Waals surface area (Å²) < 4.78 is 20.5. The van der Waals surface area contributed by atoms with Crippen molar-refractivity contribution in [2.45, 2.75) is 19.3 Å². The zero-order valence-corrected chi connectivity index (χ0v) is 18.3. The van der Waals surface area contributed by atoms with Gasteiger partial charge in [0.05, 0.1) is 12.8 Å². The maximum absolute atomic E-state index is 14.4. The first-order chi connectivity index (χ1) is 16.4. The quantitative estimate of drug-likeness (QED) is 0.622. The lowest BCUT2D eigenvalue weighted by molar-refractivity contribution is -0.117. The van der Waals surface area contributed by atoms with E-state index in [1.807, 2.05) is 0 Å². The van der Waals surface area contributed by atoms with Crippen molar-refractivity contribution in [2.75, 3.05) is 30.0 Å². The van der Waals surface area contributed by atoms with E-state index >= 15 is 0 Å². The van der Waals surface area contributed by atoms with E-state index in [9.17, 15) is 23.9 Å². The Hall–Kier alpha value is -4.21. The number of anilines is 2. The average Bonchev–Trinajstić information content (AvgIpc) is 3.44. The lowest BCUT2D eigenvalue weighted by Crippen LogP contribution is -2.39. The molecule has 2 aliphatic heterocycles. The Kier molecular flexibility index (Phi) is 5.27. The normalized spacial score (nSPS) is 15.6. The molecule has 5 rings (SSSR count). The number of carboxylic acids is 1. The van der Waals surface area contributed by atoms with Gasteiger partial charge in [-0.1, -0.05) is 0 Å². The topological polar surface area (TPSA) is 105 Å². The van der Waals surface area contributed by atoms with Gasteiger partial charge in [-0.05, 0) is 49.2 Å². The van der Waals surface area contributed by atoms with Crippen LogP contribution in [0.1, 0.15) is 39.4 Å². The van der Waals surface area contributed by atoms with Crippen molar-refractivity contribution in [3.8, 4) is 11.4 Å². The fourth-order valence-corrected chi connectivity index (χ4v) is 4.49. The van der Waals surface area contributed by atoms with E-state index in [1.165, 1.54) is 28.8 Å². The molecular weight excluding hydrogens is 443 g/mol. The molecule has 1 N–H and O–H groups in total. The van der Waals surface area contributed by atoms with Crippen LogP contribution < -0.4 is 14.5 Å². The van der Waals surface area contributed by atoms with Gasteiger partial charge < -0.3 is 19.6 Å². The molecule has 1 fully saturated rings. The summed E-state index contributed by atoms with van der Waals surface area (Å²) in [6, 6.07) is 11.1. The number of rotatable bonds is 5. The van der Waals surface area contributed by atoms with Crippen molar-refractivity contribution in [1.29, 1.82) is 0 Å². The molecule has 0 bridgehead atoms. The number of ether oxygens (including phenoxy) is 1. The highest BCUT2D eigenvalue weighted by molar-refractivity contribution is 6.09. The highest BCUT2D eigenvalue weighted by atomic mass is 19.1. The molecule has 0 spiro atoms. The number of carbonyl (C=O) groups is 3. The van der Waals surface area contributed by atoms with Crippen LogP contribution >= 0.6 is 0 Å². The third-order valence-electron chi connectivity index (χ3n) is 6.15. The predicted molar refractivity (Wildman–Crippen MR) is 120 cm³/mol. The summed E-state index contributed by atoms with van der Waals surface area (Å²) >= 11 is 0. The lowest BCUT2D eigenvalue weighted by Gasteiger charge is -2.28. The molecule has 34 heavy (non-hydrogen) atoms. The van der Waals surface area contributed by atoms with Crippen molar-refractivity contribution < 1.29 is 28.6 Å². The smallest absolute Gasteiger partial charge is 0.356 e. The van der Waals surface area contributed by atoms with Gasteiger partial charge in [0.15, 0.2) is 17.3 Å². The van der Waals surface area contributed by atoms with Crippen LogP contribution in [0.25, 0.3) is 5.69 Å². The SMILES string of the molecule is COc1ccc(-n2nc(C(=O)O)c3c2C(=O)N(c2ccc(N4CCCC4=O)cc2)CC3)cc1F. The number of hydrogen-bond acceptors (Lipinski definition) is 5. The van der Waals surface area contributed by atoms with E-state index in [1.54, 1.807) is 29.2 Å². The molecule has 0 saturated carbocycles. The summed E-state index contributed by atoms with van der Waals surface area (Å²) in [6.07, 6.45) is 1.61. The predicted octanol–water partition coefficient (Wildman–Crippen LogP) is 3.05. The first-order valence-electron chi connectivity index (χ1n) is 10.8. The first kappa shape index (κ1) is 21.6. The number of halogens is 1. The Bertz CT molecular complexity index is 1320. The molecule has 1 saturated heterocycles. The molecule has 2 amide bonds. The molecule has 9 nitrogen and oxygen atoms in total. The van der Waals surface area contributed by atoms with Crippen LogP contribution in [0.5, 0.6) is 5.75 Å². The van der Waals surface area contributed by atoms with Gasteiger partial charge in [-0.2, -0.15) is 5.10 Å². The van der Waals surface area contributed by atoms with Crippen LogP contribution in [0.3, 0.4) is 0 Å². The van der Waals surface area contributed by atoms with E-state index < -0.39 is 17.7 Å². The van der Waals surface area contributed by atoms with Crippen LogP contribution in [-0.4, -0.2) is 52.9 Å². The molecule has 3 aromatic rings. The average molecular weight is 464 g/mol. The molecule has 10 heteroatoms. The van der Waals surface area contributed by atoms with Gasteiger partial charge in [0, 0.05) is 42.5 Å². The van der Waals surface area contributed by atoms with E-state index in [4.69, 9.17) is 4.74 Å². The van der Waals surface area contributed by atoms with E-state index in [2.05, 4.69) is 5.10 Å². The zero-order chi connectivity index (χ0) is 24.0. The molecule has 1 aromatic heterocycles. The third kappa shape index (κ3) is 3.47. The van der Waals surface area contributed by atoms with Crippen molar-refractivity contribution in [2.24, 2.45) is 0 Å². The number of hydrogen-bond donors (Lipinski definition) is 1. The van der Waals surface area contributed by atoms with E-state index in [0.29, 0.717) is 24.2 Å². The molecule has 174 valence electrons. The molecule has 0 unspecified atom stereocenters. The molecule has 3 heterocycles. The Labute approximate surface area is 194 Å². The summed E-state index contributed by atoms with van der Waals surface area (Å²) in [4.78, 5) is 40.6. The van der Waals surface area contributed by atoms with E-state index in [-0.39, 0.29) is 41.7 Å². The molecular formula is C24H21FN4O5. The second kappa shape index (κ2) is 8.29. The summed E-state index contributed by atoms with van der Waals surface area (Å²) in [7, 11) is 1.34. The molecule has 0 atom stereocenters. The van der Waals surface area contributed by atoms with Crippen molar-refractivity contribution in [1.82, 2.24) is 9.78 Å². The van der Waals surface area contributed by atoms with Crippen LogP contribution in [0, 0.1) is 5.82 Å². The molecule has 2 aromatic carbocycles. The highest BCUT2D eigenvalue weighted by Gasteiger charge is 2.35. The highest BCUT2D eigenvalue weighted by Crippen LogP contribution is 2.31. The monoisotopic (exact) mass is 464 g/mol. The van der Waals surface area contributed by atoms with Crippen molar-refractivity contribution in [3.63, 3.8) is 0 Å². The minimum Gasteiger partial charge on any atom is -0.494 e. The van der Waals surface area contributed by atoms with Gasteiger partial charge in [0.1, 0.15) is 5.69 Å². The van der Waals surface area contributed by atoms with Gasteiger partial charge in [-0.15, -0.1) is 0 Å². The Balaban J connectivity index is 1.53. The van der Waals surface area contributed by atoms with Gasteiger partial charge in [0.25, 0.3) is 5.91 Å². The van der Waals surface area contributed by atoms with Crippen molar-refractivity contribution in [3.05, 3.63) is 65.2 Å². The largest absolute Gasteiger partial charge is 0.494 e. The Morgan fingerprint density at radius 1 is 1.00 bits per heavy atom. The van der Waals surface area contributed by atoms with Gasteiger partial charge in [-0.25, -0.2) is 13.9 Å². The standard InChI is InChI=1S/C24H21FN4O5/c1-34-19-9-8-16(13-18(19)25)29-22-17(21(26-29)24(32)33)10-12-28(23(22)31)15-6-4-14(5-7-15)27-11-2-3-20(27)30/h4-9,13H,2-3,10-12H2,1H3,(H,32,33). The Morgan fingerprint density at radius 2 is 1.68 bits per heavy atom. The molecule has 0 radical (unpaired) electrons. The fraction of sp³-hybridized carbons (Fsp3) is 0.250. The first-order valence-corrected chi connectivity index (χ1v) is 10.8. The number of aromatic nitrogens is 2. The van der Waals surface area contributed by atoms with Crippen molar-refractivity contribution >= 4 is 29.2 Å². The number of carbonyl (C=O) groups excluding carboxylic acids is 2. The van der Waals surface area contributed by atoms with Gasteiger partial charge in [0.2, 0.25) is 5.91 Å². The number of methoxy groups -OCH3 is 1. The minimum absolute atomic E-state index is 0.0211. The number of carboxylic acid groups (broad SMARTS) is 1. The summed E-state index contributed by atoms with van der Waals surface area (Å²) in [6.45, 7) is 0.927. The van der Waals surface area contributed by atoms with Crippen LogP contribution in [0.15, 0.2) is 42.5 Å². The summed E-state index contributed by atoms with van der Waals surface area (Å²) in [5, 5.41) is 13.8. The lowest BCUT2D eigenvalue weighted by atomic mass is 10.0. The second-order valence-electron chi connectivity index (χ2n) is 8.08. The zero-order valence-electron chi connectivity index (χ0n) is 18.3.